The number of imide groups is 1. The van der Waals surface area contributed by atoms with Gasteiger partial charge in [-0.3, -0.25) is 24.7 Å². The zero-order chi connectivity index (χ0) is 31.0. The highest BCUT2D eigenvalue weighted by molar-refractivity contribution is 7.46. The van der Waals surface area contributed by atoms with Gasteiger partial charge in [0.2, 0.25) is 11.8 Å². The van der Waals surface area contributed by atoms with Crippen molar-refractivity contribution < 1.29 is 28.5 Å². The molecule has 2 aromatic carbocycles. The topological polar surface area (TPSA) is 139 Å². The number of phosphoric ester groups is 1. The Morgan fingerprint density at radius 1 is 0.814 bits per heavy atom. The molecule has 6 rings (SSSR count). The number of phosphoric acid groups is 1. The van der Waals surface area contributed by atoms with Crippen molar-refractivity contribution in [2.45, 2.75) is 103 Å². The summed E-state index contributed by atoms with van der Waals surface area (Å²) in [4.78, 5) is 47.3. The van der Waals surface area contributed by atoms with Gasteiger partial charge < -0.3 is 10.3 Å². The number of aryl methyl sites for hydroxylation is 2. The van der Waals surface area contributed by atoms with Gasteiger partial charge in [0.15, 0.2) is 0 Å². The van der Waals surface area contributed by atoms with E-state index in [1.165, 1.54) is 11.1 Å². The Hall–Kier alpha value is -2.67. The second kappa shape index (κ2) is 10.2. The second-order valence-electron chi connectivity index (χ2n) is 14.7. The van der Waals surface area contributed by atoms with Crippen LogP contribution in [-0.2, 0) is 37.8 Å². The van der Waals surface area contributed by atoms with E-state index >= 15 is 0 Å². The molecule has 0 radical (unpaired) electrons. The number of nitrogen functional groups attached to an aromatic ring is 1. The van der Waals surface area contributed by atoms with E-state index in [1.54, 1.807) is 12.1 Å². The molecule has 4 aliphatic rings. The van der Waals surface area contributed by atoms with E-state index in [1.807, 2.05) is 19.1 Å². The fourth-order valence-corrected chi connectivity index (χ4v) is 10.4. The van der Waals surface area contributed by atoms with Gasteiger partial charge in [0.05, 0.1) is 10.8 Å². The molecule has 232 valence electrons. The maximum Gasteiger partial charge on any atom is 0.524 e. The van der Waals surface area contributed by atoms with Crippen LogP contribution in [0.1, 0.15) is 101 Å². The van der Waals surface area contributed by atoms with Crippen LogP contribution in [0.3, 0.4) is 0 Å². The van der Waals surface area contributed by atoms with Gasteiger partial charge in [-0.2, -0.15) is 0 Å². The number of amides is 2. The molecule has 2 saturated carbocycles. The first-order chi connectivity index (χ1) is 20.1. The number of nitrogens with two attached hydrogens (primary N) is 1. The second-order valence-corrected chi connectivity index (χ2v) is 15.8. The van der Waals surface area contributed by atoms with E-state index in [9.17, 15) is 23.9 Å². The van der Waals surface area contributed by atoms with Gasteiger partial charge in [0.25, 0.3) is 0 Å². The summed E-state index contributed by atoms with van der Waals surface area (Å²) in [5.74, 6) is -0.163. The van der Waals surface area contributed by atoms with Crippen LogP contribution in [-0.4, -0.2) is 21.6 Å². The fraction of sp³-hybridized carbons (Fsp3) is 0.588. The first-order valence-corrected chi connectivity index (χ1v) is 17.3. The highest BCUT2D eigenvalue weighted by Crippen LogP contribution is 2.60. The van der Waals surface area contributed by atoms with Crippen LogP contribution in [0, 0.1) is 22.7 Å². The van der Waals surface area contributed by atoms with Gasteiger partial charge in [0.1, 0.15) is 5.75 Å². The first kappa shape index (κ1) is 30.4. The van der Waals surface area contributed by atoms with Crippen LogP contribution in [0.2, 0.25) is 0 Å². The van der Waals surface area contributed by atoms with Crippen molar-refractivity contribution in [3.63, 3.8) is 0 Å². The normalized spacial score (nSPS) is 35.0. The summed E-state index contributed by atoms with van der Waals surface area (Å²) >= 11 is 0. The molecule has 0 unspecified atom stereocenters. The van der Waals surface area contributed by atoms with Crippen molar-refractivity contribution >= 4 is 25.3 Å². The highest BCUT2D eigenvalue weighted by atomic mass is 31.2. The molecule has 8 nitrogen and oxygen atoms in total. The predicted octanol–water partition coefficient (Wildman–Crippen LogP) is 6.10. The molecule has 0 aromatic heterocycles. The number of carbonyl (C=O) groups is 2. The summed E-state index contributed by atoms with van der Waals surface area (Å²) in [5, 5.41) is 2.97. The molecule has 0 aliphatic heterocycles. The quantitative estimate of drug-likeness (QED) is 0.187. The van der Waals surface area contributed by atoms with Crippen molar-refractivity contribution in [2.24, 2.45) is 22.7 Å². The summed E-state index contributed by atoms with van der Waals surface area (Å²) in [5.41, 5.74) is 9.62. The van der Waals surface area contributed by atoms with Crippen molar-refractivity contribution in [2.75, 3.05) is 5.73 Å². The first-order valence-electron chi connectivity index (χ1n) is 15.7. The number of hydrogen-bond donors (Lipinski definition) is 4. The average Bonchev–Trinajstić information content (AvgIpc) is 2.92. The molecule has 4 aliphatic carbocycles. The summed E-state index contributed by atoms with van der Waals surface area (Å²) in [7, 11) is -4.70. The lowest BCUT2D eigenvalue weighted by molar-refractivity contribution is -0.150. The molecule has 43 heavy (non-hydrogen) atoms. The molecule has 0 bridgehead atoms. The van der Waals surface area contributed by atoms with E-state index in [0.717, 1.165) is 74.6 Å². The lowest BCUT2D eigenvalue weighted by Crippen LogP contribution is -2.60. The van der Waals surface area contributed by atoms with Crippen LogP contribution in [0.5, 0.6) is 5.75 Å². The molecule has 0 saturated heterocycles. The van der Waals surface area contributed by atoms with Gasteiger partial charge in [0, 0.05) is 5.69 Å². The molecule has 0 spiro atoms. The molecular weight excluding hydrogens is 563 g/mol. The molecule has 6 atom stereocenters. The van der Waals surface area contributed by atoms with Gasteiger partial charge in [-0.25, -0.2) is 4.57 Å². The minimum atomic E-state index is -4.70. The lowest BCUT2D eigenvalue weighted by atomic mass is 9.49. The monoisotopic (exact) mass is 608 g/mol. The standard InChI is InChI=1S/C34H45N2O6P/c1-31-15-5-17-33(3,27(31)13-9-21-7-11-23(35)19-25(21)31)29(37)36-30(38)34(4)18-6-16-32(2)26-20-24(42-43(39,40)41)12-8-22(26)10-14-28(32)34/h7-8,11-12,19-20,27-28H,5-6,9-10,13-18,35H2,1-4H3,(H,36,37,38)(H2,39,40,41)/t27-,28-,31-,32-,33+,34+/m1/s1. The van der Waals surface area contributed by atoms with Crippen molar-refractivity contribution in [1.29, 1.82) is 0 Å². The Kier molecular flexibility index (Phi) is 7.19. The number of carbonyl (C=O) groups excluding carboxylic acids is 2. The predicted molar refractivity (Wildman–Crippen MR) is 165 cm³/mol. The summed E-state index contributed by atoms with van der Waals surface area (Å²) in [6.45, 7) is 8.50. The van der Waals surface area contributed by atoms with Crippen LogP contribution >= 0.6 is 7.82 Å². The molecule has 2 fully saturated rings. The van der Waals surface area contributed by atoms with Gasteiger partial charge in [-0.1, -0.05) is 52.7 Å². The maximum atomic E-state index is 14.3. The SMILES string of the molecule is C[C@]1(C(=O)NC(=O)[C@@]2(C)CCC[C@]3(C)c4cc(OP(=O)(O)O)ccc4CC[C@@H]23)CCC[C@]2(C)c3cc(N)ccc3CC[C@@H]12. The Balaban J connectivity index is 1.27. The van der Waals surface area contributed by atoms with Crippen LogP contribution in [0.4, 0.5) is 5.69 Å². The van der Waals surface area contributed by atoms with E-state index in [-0.39, 0.29) is 34.8 Å². The third-order valence-electron chi connectivity index (χ3n) is 12.2. The van der Waals surface area contributed by atoms with E-state index < -0.39 is 24.1 Å². The number of fused-ring (bicyclic) bond motifs is 6. The summed E-state index contributed by atoms with van der Waals surface area (Å²) < 4.78 is 16.5. The summed E-state index contributed by atoms with van der Waals surface area (Å²) in [6, 6.07) is 11.4. The number of anilines is 1. The average molecular weight is 609 g/mol. The van der Waals surface area contributed by atoms with Crippen molar-refractivity contribution in [3.8, 4) is 5.75 Å². The molecule has 2 amide bonds. The Morgan fingerprint density at radius 2 is 1.30 bits per heavy atom. The Bertz CT molecular complexity index is 1540. The Morgan fingerprint density at radius 3 is 1.81 bits per heavy atom. The number of hydrogen-bond acceptors (Lipinski definition) is 5. The fourth-order valence-electron chi connectivity index (χ4n) is 10.0. The zero-order valence-corrected chi connectivity index (χ0v) is 26.6. The van der Waals surface area contributed by atoms with Crippen LogP contribution in [0.25, 0.3) is 0 Å². The zero-order valence-electron chi connectivity index (χ0n) is 25.7. The van der Waals surface area contributed by atoms with Crippen molar-refractivity contribution in [3.05, 3.63) is 58.7 Å². The molecular formula is C34H45N2O6P. The van der Waals surface area contributed by atoms with E-state index in [0.29, 0.717) is 6.42 Å². The minimum absolute atomic E-state index is 0.0340. The number of benzene rings is 2. The summed E-state index contributed by atoms with van der Waals surface area (Å²) in [6.07, 6.45) is 8.36. The minimum Gasteiger partial charge on any atom is -0.404 e. The van der Waals surface area contributed by atoms with E-state index in [2.05, 4.69) is 38.2 Å². The molecule has 0 heterocycles. The third kappa shape index (κ3) is 4.85. The maximum absolute atomic E-state index is 14.3. The van der Waals surface area contributed by atoms with Crippen molar-refractivity contribution in [1.82, 2.24) is 5.32 Å². The smallest absolute Gasteiger partial charge is 0.404 e. The number of rotatable bonds is 4. The largest absolute Gasteiger partial charge is 0.524 e. The van der Waals surface area contributed by atoms with Gasteiger partial charge >= 0.3 is 7.82 Å². The highest BCUT2D eigenvalue weighted by Gasteiger charge is 2.58. The molecule has 9 heteroatoms. The Labute approximate surface area is 254 Å². The third-order valence-corrected chi connectivity index (χ3v) is 12.6. The van der Waals surface area contributed by atoms with E-state index in [4.69, 9.17) is 10.3 Å². The van der Waals surface area contributed by atoms with Crippen LogP contribution < -0.4 is 15.6 Å². The van der Waals surface area contributed by atoms with Crippen LogP contribution in [0.15, 0.2) is 36.4 Å². The van der Waals surface area contributed by atoms with Gasteiger partial charge in [-0.15, -0.1) is 0 Å². The lowest BCUT2D eigenvalue weighted by Gasteiger charge is -2.56. The van der Waals surface area contributed by atoms with Gasteiger partial charge in [-0.05, 0) is 121 Å². The number of nitrogens with one attached hydrogen (secondary N) is 1. The molecule has 5 N–H and O–H groups in total. The molecule has 2 aromatic rings.